The first-order chi connectivity index (χ1) is 13.7. The third-order valence-corrected chi connectivity index (χ3v) is 5.74. The van der Waals surface area contributed by atoms with Crippen LogP contribution in [0.5, 0.6) is 0 Å². The summed E-state index contributed by atoms with van der Waals surface area (Å²) in [5, 5.41) is 15.9. The molecule has 0 radical (unpaired) electrons. The number of benzene rings is 1. The van der Waals surface area contributed by atoms with Gasteiger partial charge in [0.15, 0.2) is 21.9 Å². The number of furan rings is 1. The Labute approximate surface area is 172 Å². The summed E-state index contributed by atoms with van der Waals surface area (Å²) in [5.74, 6) is 2.72. The molecule has 4 aromatic rings. The number of nitrogens with one attached hydrogen (secondary N) is 1. The van der Waals surface area contributed by atoms with E-state index >= 15 is 0 Å². The topological polar surface area (TPSA) is 68.8 Å². The maximum Gasteiger partial charge on any atom is 0.200 e. The molecule has 0 fully saturated rings. The molecule has 0 saturated carbocycles. The largest absolute Gasteiger partial charge is 0.461 e. The molecule has 0 saturated heterocycles. The first kappa shape index (κ1) is 18.8. The summed E-state index contributed by atoms with van der Waals surface area (Å²) in [4.78, 5) is 4.68. The van der Waals surface area contributed by atoms with Crippen molar-refractivity contribution in [3.63, 3.8) is 0 Å². The molecular formula is C20H21N5OS2. The van der Waals surface area contributed by atoms with Crippen molar-refractivity contribution in [2.24, 2.45) is 5.92 Å². The van der Waals surface area contributed by atoms with Crippen LogP contribution < -0.4 is 5.32 Å². The average molecular weight is 412 g/mol. The van der Waals surface area contributed by atoms with Crippen LogP contribution in [0.4, 0.5) is 10.8 Å². The zero-order valence-electron chi connectivity index (χ0n) is 15.7. The molecule has 144 valence electrons. The molecule has 3 heterocycles. The van der Waals surface area contributed by atoms with Gasteiger partial charge in [0.05, 0.1) is 12.0 Å². The van der Waals surface area contributed by atoms with Crippen LogP contribution in [0.2, 0.25) is 0 Å². The van der Waals surface area contributed by atoms with Crippen molar-refractivity contribution >= 4 is 33.9 Å². The standard InChI is InChI=1S/C20H21N5OS2/c1-14(2)11-25-18(17-9-6-10-26-17)23-24-20(25)28-13-16-12-27-19(22-16)21-15-7-4-3-5-8-15/h3-10,12,14H,11,13H2,1-2H3,(H,21,22). The van der Waals surface area contributed by atoms with E-state index in [1.807, 2.05) is 42.5 Å². The normalized spacial score (nSPS) is 11.2. The fourth-order valence-electron chi connectivity index (χ4n) is 2.73. The van der Waals surface area contributed by atoms with Gasteiger partial charge in [-0.1, -0.05) is 43.8 Å². The molecule has 0 amide bonds. The molecular weight excluding hydrogens is 390 g/mol. The lowest BCUT2D eigenvalue weighted by Crippen LogP contribution is -2.07. The van der Waals surface area contributed by atoms with Crippen LogP contribution >= 0.6 is 23.1 Å². The van der Waals surface area contributed by atoms with Crippen molar-refractivity contribution in [1.82, 2.24) is 19.7 Å². The predicted molar refractivity (Wildman–Crippen MR) is 114 cm³/mol. The maximum absolute atomic E-state index is 5.53. The van der Waals surface area contributed by atoms with E-state index in [4.69, 9.17) is 4.42 Å². The van der Waals surface area contributed by atoms with Crippen LogP contribution in [-0.4, -0.2) is 19.7 Å². The van der Waals surface area contributed by atoms with E-state index in [9.17, 15) is 0 Å². The van der Waals surface area contributed by atoms with Crippen molar-refractivity contribution in [3.8, 4) is 11.6 Å². The van der Waals surface area contributed by atoms with Gasteiger partial charge in [0.2, 0.25) is 0 Å². The molecule has 28 heavy (non-hydrogen) atoms. The van der Waals surface area contributed by atoms with Crippen LogP contribution in [0, 0.1) is 5.92 Å². The lowest BCUT2D eigenvalue weighted by molar-refractivity contribution is 0.489. The van der Waals surface area contributed by atoms with E-state index in [-0.39, 0.29) is 0 Å². The number of thiazole rings is 1. The van der Waals surface area contributed by atoms with Crippen LogP contribution in [0.25, 0.3) is 11.6 Å². The number of hydrogen-bond acceptors (Lipinski definition) is 7. The summed E-state index contributed by atoms with van der Waals surface area (Å²) < 4.78 is 7.65. The van der Waals surface area contributed by atoms with Gasteiger partial charge in [0, 0.05) is 23.4 Å². The average Bonchev–Trinajstić information content (AvgIpc) is 3.42. The molecule has 0 unspecified atom stereocenters. The van der Waals surface area contributed by atoms with E-state index in [0.717, 1.165) is 45.6 Å². The quantitative estimate of drug-likeness (QED) is 0.376. The van der Waals surface area contributed by atoms with E-state index in [1.54, 1.807) is 29.4 Å². The Morgan fingerprint density at radius 3 is 2.75 bits per heavy atom. The molecule has 8 heteroatoms. The molecule has 0 atom stereocenters. The van der Waals surface area contributed by atoms with Crippen LogP contribution in [-0.2, 0) is 12.3 Å². The lowest BCUT2D eigenvalue weighted by Gasteiger charge is -2.11. The van der Waals surface area contributed by atoms with E-state index in [1.165, 1.54) is 0 Å². The summed E-state index contributed by atoms with van der Waals surface area (Å²) in [5.41, 5.74) is 2.06. The van der Waals surface area contributed by atoms with E-state index in [0.29, 0.717) is 5.92 Å². The molecule has 3 aromatic heterocycles. The highest BCUT2D eigenvalue weighted by molar-refractivity contribution is 7.98. The van der Waals surface area contributed by atoms with Crippen molar-refractivity contribution in [2.45, 2.75) is 31.3 Å². The minimum atomic E-state index is 0.477. The monoisotopic (exact) mass is 411 g/mol. The molecule has 0 aliphatic rings. The fraction of sp³-hybridized carbons (Fsp3) is 0.250. The molecule has 0 spiro atoms. The highest BCUT2D eigenvalue weighted by Crippen LogP contribution is 2.29. The predicted octanol–water partition coefficient (Wildman–Crippen LogP) is 5.69. The van der Waals surface area contributed by atoms with Crippen molar-refractivity contribution in [3.05, 3.63) is 59.8 Å². The second-order valence-corrected chi connectivity index (χ2v) is 8.51. The van der Waals surface area contributed by atoms with Crippen molar-refractivity contribution in [2.75, 3.05) is 5.32 Å². The molecule has 1 N–H and O–H groups in total. The Kier molecular flexibility index (Phi) is 5.78. The second-order valence-electron chi connectivity index (χ2n) is 6.71. The van der Waals surface area contributed by atoms with E-state index < -0.39 is 0 Å². The Balaban J connectivity index is 1.46. The second kappa shape index (κ2) is 8.62. The van der Waals surface area contributed by atoms with Gasteiger partial charge in [-0.25, -0.2) is 4.98 Å². The molecule has 0 aliphatic heterocycles. The van der Waals surface area contributed by atoms with Gasteiger partial charge < -0.3 is 9.73 Å². The minimum Gasteiger partial charge on any atom is -0.461 e. The van der Waals surface area contributed by atoms with Crippen LogP contribution in [0.1, 0.15) is 19.5 Å². The number of rotatable bonds is 8. The number of hydrogen-bond donors (Lipinski definition) is 1. The SMILES string of the molecule is CC(C)Cn1c(SCc2csc(Nc3ccccc3)n2)nnc1-c1ccco1. The Hall–Kier alpha value is -2.58. The van der Waals surface area contributed by atoms with Crippen LogP contribution in [0.15, 0.2) is 63.7 Å². The lowest BCUT2D eigenvalue weighted by atomic mass is 10.2. The number of para-hydroxylation sites is 1. The number of aromatic nitrogens is 4. The van der Waals surface area contributed by atoms with Crippen molar-refractivity contribution in [1.29, 1.82) is 0 Å². The maximum atomic E-state index is 5.53. The van der Waals surface area contributed by atoms with Gasteiger partial charge in [-0.2, -0.15) is 0 Å². The summed E-state index contributed by atoms with van der Waals surface area (Å²) in [7, 11) is 0. The van der Waals surface area contributed by atoms with Gasteiger partial charge in [0.25, 0.3) is 0 Å². The Morgan fingerprint density at radius 1 is 1.14 bits per heavy atom. The zero-order valence-corrected chi connectivity index (χ0v) is 17.3. The third kappa shape index (κ3) is 4.45. The van der Waals surface area contributed by atoms with Gasteiger partial charge in [0.1, 0.15) is 0 Å². The summed E-state index contributed by atoms with van der Waals surface area (Å²) in [6, 6.07) is 13.8. The first-order valence-electron chi connectivity index (χ1n) is 9.05. The highest BCUT2D eigenvalue weighted by atomic mass is 32.2. The summed E-state index contributed by atoms with van der Waals surface area (Å²) in [6.07, 6.45) is 1.66. The fourth-order valence-corrected chi connectivity index (χ4v) is 4.40. The third-order valence-electron chi connectivity index (χ3n) is 3.93. The van der Waals surface area contributed by atoms with Gasteiger partial charge in [-0.05, 0) is 30.2 Å². The molecule has 0 bridgehead atoms. The van der Waals surface area contributed by atoms with Gasteiger partial charge in [-0.15, -0.1) is 21.5 Å². The Morgan fingerprint density at radius 2 is 2.00 bits per heavy atom. The highest BCUT2D eigenvalue weighted by Gasteiger charge is 2.17. The molecule has 4 rings (SSSR count). The number of thioether (sulfide) groups is 1. The summed E-state index contributed by atoms with van der Waals surface area (Å²) >= 11 is 3.25. The van der Waals surface area contributed by atoms with Gasteiger partial charge >= 0.3 is 0 Å². The first-order valence-corrected chi connectivity index (χ1v) is 10.9. The number of anilines is 2. The molecule has 1 aromatic carbocycles. The smallest absolute Gasteiger partial charge is 0.200 e. The van der Waals surface area contributed by atoms with E-state index in [2.05, 4.69) is 44.3 Å². The minimum absolute atomic E-state index is 0.477. The van der Waals surface area contributed by atoms with Crippen molar-refractivity contribution < 1.29 is 4.42 Å². The summed E-state index contributed by atoms with van der Waals surface area (Å²) in [6.45, 7) is 5.20. The zero-order chi connectivity index (χ0) is 19.3. The Bertz CT molecular complexity index is 1010. The molecule has 0 aliphatic carbocycles. The van der Waals surface area contributed by atoms with Gasteiger partial charge in [-0.3, -0.25) is 4.57 Å². The molecule has 6 nitrogen and oxygen atoms in total. The van der Waals surface area contributed by atoms with Crippen LogP contribution in [0.3, 0.4) is 0 Å². The number of nitrogens with zero attached hydrogens (tertiary/aromatic N) is 4.